The molecule has 1 aliphatic carbocycles. The second-order valence-corrected chi connectivity index (χ2v) is 5.52. The first-order valence-electron chi connectivity index (χ1n) is 6.20. The Morgan fingerprint density at radius 2 is 2.27 bits per heavy atom. The van der Waals surface area contributed by atoms with E-state index in [9.17, 15) is 0 Å². The average molecular weight is 223 g/mol. The van der Waals surface area contributed by atoms with Crippen LogP contribution in [0.2, 0.25) is 0 Å². The summed E-state index contributed by atoms with van der Waals surface area (Å²) in [6.45, 7) is 5.54. The van der Waals surface area contributed by atoms with E-state index < -0.39 is 0 Å². The minimum atomic E-state index is 0.607. The summed E-state index contributed by atoms with van der Waals surface area (Å²) in [7, 11) is 0. The lowest BCUT2D eigenvalue weighted by Gasteiger charge is -2.15. The molecule has 1 aromatic heterocycles. The van der Waals surface area contributed by atoms with Crippen molar-refractivity contribution in [2.75, 3.05) is 6.54 Å². The maximum absolute atomic E-state index is 3.60. The average Bonchev–Trinajstić information content (AvgIpc) is 2.76. The highest BCUT2D eigenvalue weighted by molar-refractivity contribution is 7.12. The number of nitrogens with one attached hydrogen (secondary N) is 1. The van der Waals surface area contributed by atoms with Crippen molar-refractivity contribution in [2.45, 2.75) is 52.0 Å². The number of hydrogen-bond acceptors (Lipinski definition) is 2. The molecule has 15 heavy (non-hydrogen) atoms. The molecule has 1 unspecified atom stereocenters. The molecular weight excluding hydrogens is 202 g/mol. The fourth-order valence-corrected chi connectivity index (χ4v) is 3.77. The predicted octanol–water partition coefficient (Wildman–Crippen LogP) is 3.69. The van der Waals surface area contributed by atoms with Crippen molar-refractivity contribution < 1.29 is 0 Å². The van der Waals surface area contributed by atoms with E-state index in [2.05, 4.69) is 25.2 Å². The maximum atomic E-state index is 3.60. The number of aryl methyl sites for hydroxylation is 2. The Kier molecular flexibility index (Phi) is 3.81. The van der Waals surface area contributed by atoms with E-state index in [1.54, 1.807) is 15.3 Å². The number of thiophene rings is 1. The SMILES string of the molecule is CCCC(NCC)c1cc2c(s1)CCC2. The van der Waals surface area contributed by atoms with Crippen molar-refractivity contribution in [2.24, 2.45) is 0 Å². The molecule has 0 amide bonds. The highest BCUT2D eigenvalue weighted by Gasteiger charge is 2.18. The third-order valence-electron chi connectivity index (χ3n) is 3.14. The van der Waals surface area contributed by atoms with E-state index >= 15 is 0 Å². The molecule has 0 saturated carbocycles. The van der Waals surface area contributed by atoms with Gasteiger partial charge in [-0.3, -0.25) is 0 Å². The molecule has 0 fully saturated rings. The van der Waals surface area contributed by atoms with Crippen molar-refractivity contribution in [3.05, 3.63) is 21.4 Å². The van der Waals surface area contributed by atoms with Gasteiger partial charge in [0.15, 0.2) is 0 Å². The summed E-state index contributed by atoms with van der Waals surface area (Å²) >= 11 is 2.05. The van der Waals surface area contributed by atoms with Gasteiger partial charge in [0.25, 0.3) is 0 Å². The summed E-state index contributed by atoms with van der Waals surface area (Å²) in [5, 5.41) is 3.60. The van der Waals surface area contributed by atoms with Crippen LogP contribution < -0.4 is 5.32 Å². The zero-order valence-electron chi connectivity index (χ0n) is 9.81. The lowest BCUT2D eigenvalue weighted by Crippen LogP contribution is -2.19. The standard InChI is InChI=1S/C13H21NS/c1-3-6-11(14-4-2)13-9-10-7-5-8-12(10)15-13/h9,11,14H,3-8H2,1-2H3. The molecule has 1 N–H and O–H groups in total. The van der Waals surface area contributed by atoms with Gasteiger partial charge in [-0.15, -0.1) is 11.3 Å². The predicted molar refractivity (Wildman–Crippen MR) is 67.7 cm³/mol. The molecule has 1 heterocycles. The first-order valence-corrected chi connectivity index (χ1v) is 7.01. The van der Waals surface area contributed by atoms with Gasteiger partial charge in [0, 0.05) is 15.8 Å². The van der Waals surface area contributed by atoms with Crippen molar-refractivity contribution >= 4 is 11.3 Å². The van der Waals surface area contributed by atoms with Crippen LogP contribution in [0.5, 0.6) is 0 Å². The van der Waals surface area contributed by atoms with Crippen molar-refractivity contribution in [3.63, 3.8) is 0 Å². The molecule has 2 rings (SSSR count). The van der Waals surface area contributed by atoms with Crippen LogP contribution in [0.4, 0.5) is 0 Å². The summed E-state index contributed by atoms with van der Waals surface area (Å²) in [6, 6.07) is 3.06. The molecule has 0 spiro atoms. The Bertz CT molecular complexity index is 289. The van der Waals surface area contributed by atoms with Gasteiger partial charge in [0.05, 0.1) is 0 Å². The molecule has 0 aromatic carbocycles. The Hall–Kier alpha value is -0.340. The summed E-state index contributed by atoms with van der Waals surface area (Å²) in [4.78, 5) is 3.23. The van der Waals surface area contributed by atoms with Crippen LogP contribution in [0.15, 0.2) is 6.07 Å². The van der Waals surface area contributed by atoms with E-state index in [0.717, 1.165) is 6.54 Å². The largest absolute Gasteiger partial charge is 0.310 e. The van der Waals surface area contributed by atoms with Gasteiger partial charge < -0.3 is 5.32 Å². The van der Waals surface area contributed by atoms with Gasteiger partial charge in [0.2, 0.25) is 0 Å². The van der Waals surface area contributed by atoms with Crippen molar-refractivity contribution in [1.29, 1.82) is 0 Å². The van der Waals surface area contributed by atoms with Gasteiger partial charge in [-0.2, -0.15) is 0 Å². The van der Waals surface area contributed by atoms with Crippen LogP contribution in [0.1, 0.15) is 54.5 Å². The smallest absolute Gasteiger partial charge is 0.0414 e. The first-order chi connectivity index (χ1) is 7.35. The van der Waals surface area contributed by atoms with E-state index in [1.807, 2.05) is 11.3 Å². The molecule has 1 aliphatic rings. The van der Waals surface area contributed by atoms with Crippen LogP contribution >= 0.6 is 11.3 Å². The van der Waals surface area contributed by atoms with Gasteiger partial charge in [-0.1, -0.05) is 20.3 Å². The van der Waals surface area contributed by atoms with E-state index in [4.69, 9.17) is 0 Å². The molecule has 1 atom stereocenters. The van der Waals surface area contributed by atoms with Crippen LogP contribution in [0, 0.1) is 0 Å². The lowest BCUT2D eigenvalue weighted by atomic mass is 10.1. The van der Waals surface area contributed by atoms with Crippen LogP contribution in [0.3, 0.4) is 0 Å². The number of hydrogen-bond donors (Lipinski definition) is 1. The second-order valence-electron chi connectivity index (χ2n) is 4.35. The highest BCUT2D eigenvalue weighted by Crippen LogP contribution is 2.35. The van der Waals surface area contributed by atoms with Gasteiger partial charge in [0.1, 0.15) is 0 Å². The van der Waals surface area contributed by atoms with Crippen LogP contribution in [-0.4, -0.2) is 6.54 Å². The molecule has 2 heteroatoms. The van der Waals surface area contributed by atoms with Gasteiger partial charge >= 0.3 is 0 Å². The van der Waals surface area contributed by atoms with E-state index in [-0.39, 0.29) is 0 Å². The summed E-state index contributed by atoms with van der Waals surface area (Å²) in [6.07, 6.45) is 6.55. The van der Waals surface area contributed by atoms with E-state index in [1.165, 1.54) is 32.1 Å². The zero-order chi connectivity index (χ0) is 10.7. The van der Waals surface area contributed by atoms with Crippen LogP contribution in [-0.2, 0) is 12.8 Å². The molecule has 1 aromatic rings. The Morgan fingerprint density at radius 3 is 2.93 bits per heavy atom. The normalized spacial score (nSPS) is 16.7. The molecule has 0 saturated heterocycles. The zero-order valence-corrected chi connectivity index (χ0v) is 10.6. The molecule has 0 radical (unpaired) electrons. The summed E-state index contributed by atoms with van der Waals surface area (Å²) in [5.74, 6) is 0. The molecule has 0 bridgehead atoms. The third kappa shape index (κ3) is 2.43. The Morgan fingerprint density at radius 1 is 1.40 bits per heavy atom. The Balaban J connectivity index is 2.11. The first kappa shape index (κ1) is 11.2. The van der Waals surface area contributed by atoms with Crippen molar-refractivity contribution in [1.82, 2.24) is 5.32 Å². The summed E-state index contributed by atoms with van der Waals surface area (Å²) < 4.78 is 0. The molecule has 0 aliphatic heterocycles. The molecule has 1 nitrogen and oxygen atoms in total. The van der Waals surface area contributed by atoms with Crippen LogP contribution in [0.25, 0.3) is 0 Å². The monoisotopic (exact) mass is 223 g/mol. The number of fused-ring (bicyclic) bond motifs is 1. The number of rotatable bonds is 5. The Labute approximate surface area is 96.9 Å². The minimum Gasteiger partial charge on any atom is -0.310 e. The highest BCUT2D eigenvalue weighted by atomic mass is 32.1. The quantitative estimate of drug-likeness (QED) is 0.803. The fourth-order valence-electron chi connectivity index (χ4n) is 2.40. The summed E-state index contributed by atoms with van der Waals surface area (Å²) in [5.41, 5.74) is 1.63. The molecular formula is C13H21NS. The minimum absolute atomic E-state index is 0.607. The second kappa shape index (κ2) is 5.13. The third-order valence-corrected chi connectivity index (χ3v) is 4.49. The topological polar surface area (TPSA) is 12.0 Å². The van der Waals surface area contributed by atoms with Gasteiger partial charge in [-0.05, 0) is 43.9 Å². The van der Waals surface area contributed by atoms with Crippen molar-refractivity contribution in [3.8, 4) is 0 Å². The van der Waals surface area contributed by atoms with Gasteiger partial charge in [-0.25, -0.2) is 0 Å². The van der Waals surface area contributed by atoms with E-state index in [0.29, 0.717) is 6.04 Å². The molecule has 84 valence electrons. The fraction of sp³-hybridized carbons (Fsp3) is 0.692. The maximum Gasteiger partial charge on any atom is 0.0414 e. The lowest BCUT2D eigenvalue weighted by molar-refractivity contribution is 0.516.